The second-order valence-electron chi connectivity index (χ2n) is 5.31. The van der Waals surface area contributed by atoms with Crippen molar-refractivity contribution in [1.29, 1.82) is 0 Å². The van der Waals surface area contributed by atoms with Gasteiger partial charge in [-0.3, -0.25) is 9.59 Å². The number of nitrogens with zero attached hydrogens (tertiary/aromatic N) is 1. The molecule has 22 heavy (non-hydrogen) atoms. The van der Waals surface area contributed by atoms with Crippen LogP contribution in [0.5, 0.6) is 5.75 Å². The summed E-state index contributed by atoms with van der Waals surface area (Å²) >= 11 is 5.98. The van der Waals surface area contributed by atoms with E-state index in [9.17, 15) is 9.59 Å². The third-order valence-electron chi connectivity index (χ3n) is 3.97. The molecule has 2 rings (SSSR count). The highest BCUT2D eigenvalue weighted by molar-refractivity contribution is 6.30. The van der Waals surface area contributed by atoms with E-state index in [0.29, 0.717) is 36.7 Å². The van der Waals surface area contributed by atoms with Gasteiger partial charge < -0.3 is 14.4 Å². The van der Waals surface area contributed by atoms with E-state index in [2.05, 4.69) is 0 Å². The summed E-state index contributed by atoms with van der Waals surface area (Å²) in [5, 5.41) is 0.577. The van der Waals surface area contributed by atoms with Crippen LogP contribution in [0.25, 0.3) is 0 Å². The van der Waals surface area contributed by atoms with E-state index in [0.717, 1.165) is 5.56 Å². The van der Waals surface area contributed by atoms with Crippen LogP contribution in [0.3, 0.4) is 0 Å². The number of benzene rings is 1. The molecular weight excluding hydrogens is 306 g/mol. The minimum absolute atomic E-state index is 0.0175. The Morgan fingerprint density at radius 2 is 1.95 bits per heavy atom. The van der Waals surface area contributed by atoms with Gasteiger partial charge in [0.25, 0.3) is 0 Å². The molecule has 0 atom stereocenters. The van der Waals surface area contributed by atoms with Crippen LogP contribution in [0.15, 0.2) is 18.2 Å². The first-order valence-electron chi connectivity index (χ1n) is 7.23. The lowest BCUT2D eigenvalue weighted by molar-refractivity contribution is -0.148. The smallest absolute Gasteiger partial charge is 0.308 e. The van der Waals surface area contributed by atoms with E-state index >= 15 is 0 Å². The number of piperidine rings is 1. The third kappa shape index (κ3) is 3.91. The number of ether oxygens (including phenoxy) is 2. The molecule has 5 nitrogen and oxygen atoms in total. The van der Waals surface area contributed by atoms with Crippen LogP contribution in [-0.4, -0.2) is 44.1 Å². The van der Waals surface area contributed by atoms with Crippen LogP contribution in [0.2, 0.25) is 5.02 Å². The fourth-order valence-corrected chi connectivity index (χ4v) is 2.89. The maximum Gasteiger partial charge on any atom is 0.308 e. The van der Waals surface area contributed by atoms with E-state index in [-0.39, 0.29) is 24.2 Å². The monoisotopic (exact) mass is 325 g/mol. The molecule has 0 aromatic heterocycles. The standard InChI is InChI=1S/C16H20ClNO4/c1-21-14-4-3-13(17)9-12(14)10-15(19)18-7-5-11(6-8-18)16(20)22-2/h3-4,9,11H,5-8,10H2,1-2H3. The van der Waals surface area contributed by atoms with Gasteiger partial charge >= 0.3 is 5.97 Å². The Bertz CT molecular complexity index is 553. The van der Waals surface area contributed by atoms with Gasteiger partial charge in [-0.05, 0) is 31.0 Å². The zero-order valence-corrected chi connectivity index (χ0v) is 13.6. The number of hydrogen-bond donors (Lipinski definition) is 0. The fraction of sp³-hybridized carbons (Fsp3) is 0.500. The van der Waals surface area contributed by atoms with Crippen LogP contribution in [-0.2, 0) is 20.7 Å². The van der Waals surface area contributed by atoms with Gasteiger partial charge in [-0.15, -0.1) is 0 Å². The highest BCUT2D eigenvalue weighted by Crippen LogP contribution is 2.25. The van der Waals surface area contributed by atoms with Gasteiger partial charge in [-0.25, -0.2) is 0 Å². The zero-order chi connectivity index (χ0) is 16.1. The molecule has 1 fully saturated rings. The lowest BCUT2D eigenvalue weighted by atomic mass is 9.96. The van der Waals surface area contributed by atoms with Crippen molar-refractivity contribution in [1.82, 2.24) is 4.90 Å². The average Bonchev–Trinajstić information content (AvgIpc) is 2.54. The number of carbonyl (C=O) groups excluding carboxylic acids is 2. The molecule has 0 radical (unpaired) electrons. The Morgan fingerprint density at radius 1 is 1.27 bits per heavy atom. The molecule has 6 heteroatoms. The Morgan fingerprint density at radius 3 is 2.55 bits per heavy atom. The van der Waals surface area contributed by atoms with E-state index in [1.807, 2.05) is 0 Å². The number of methoxy groups -OCH3 is 2. The van der Waals surface area contributed by atoms with Crippen LogP contribution in [0.1, 0.15) is 18.4 Å². The number of halogens is 1. The van der Waals surface area contributed by atoms with Crippen molar-refractivity contribution in [2.45, 2.75) is 19.3 Å². The Labute approximate surface area is 135 Å². The van der Waals surface area contributed by atoms with Gasteiger partial charge in [0.05, 0.1) is 26.6 Å². The summed E-state index contributed by atoms with van der Waals surface area (Å²) in [6, 6.07) is 5.24. The number of rotatable bonds is 4. The maximum absolute atomic E-state index is 12.4. The summed E-state index contributed by atoms with van der Waals surface area (Å²) in [4.78, 5) is 25.7. The van der Waals surface area contributed by atoms with Gasteiger partial charge in [0.1, 0.15) is 5.75 Å². The van der Waals surface area contributed by atoms with E-state index < -0.39 is 0 Å². The highest BCUT2D eigenvalue weighted by atomic mass is 35.5. The van der Waals surface area contributed by atoms with Crippen LogP contribution < -0.4 is 4.74 Å². The first kappa shape index (κ1) is 16.6. The largest absolute Gasteiger partial charge is 0.496 e. The lowest BCUT2D eigenvalue weighted by Crippen LogP contribution is -2.41. The molecule has 1 aromatic rings. The SMILES string of the molecule is COC(=O)C1CCN(C(=O)Cc2cc(Cl)ccc2OC)CC1. The summed E-state index contributed by atoms with van der Waals surface area (Å²) in [5.41, 5.74) is 0.773. The maximum atomic E-state index is 12.4. The van der Waals surface area contributed by atoms with Gasteiger partial charge in [0.15, 0.2) is 0 Å². The van der Waals surface area contributed by atoms with E-state index in [1.54, 1.807) is 30.2 Å². The average molecular weight is 326 g/mol. The zero-order valence-electron chi connectivity index (χ0n) is 12.8. The summed E-state index contributed by atoms with van der Waals surface area (Å²) in [6.07, 6.45) is 1.53. The molecule has 1 aliphatic heterocycles. The third-order valence-corrected chi connectivity index (χ3v) is 4.20. The molecule has 0 N–H and O–H groups in total. The molecule has 1 saturated heterocycles. The van der Waals surface area contributed by atoms with Crippen LogP contribution in [0.4, 0.5) is 0 Å². The number of carbonyl (C=O) groups is 2. The molecular formula is C16H20ClNO4. The molecule has 1 amide bonds. The molecule has 0 spiro atoms. The fourth-order valence-electron chi connectivity index (χ4n) is 2.69. The molecule has 0 unspecified atom stereocenters. The van der Waals surface area contributed by atoms with Crippen molar-refractivity contribution in [2.24, 2.45) is 5.92 Å². The Balaban J connectivity index is 1.96. The summed E-state index contributed by atoms with van der Waals surface area (Å²) in [6.45, 7) is 1.14. The summed E-state index contributed by atoms with van der Waals surface area (Å²) in [7, 11) is 2.96. The van der Waals surface area contributed by atoms with Crippen molar-refractivity contribution >= 4 is 23.5 Å². The molecule has 1 aliphatic rings. The van der Waals surface area contributed by atoms with Gasteiger partial charge in [-0.1, -0.05) is 11.6 Å². The first-order valence-corrected chi connectivity index (χ1v) is 7.61. The molecule has 0 aliphatic carbocycles. The second kappa shape index (κ2) is 7.49. The first-order chi connectivity index (χ1) is 10.5. The predicted octanol–water partition coefficient (Wildman–Crippen LogP) is 2.30. The van der Waals surface area contributed by atoms with Gasteiger partial charge in [0, 0.05) is 23.7 Å². The Kier molecular flexibility index (Phi) is 5.66. The predicted molar refractivity (Wildman–Crippen MR) is 83.0 cm³/mol. The molecule has 1 aromatic carbocycles. The second-order valence-corrected chi connectivity index (χ2v) is 5.75. The number of esters is 1. The molecule has 0 bridgehead atoms. The van der Waals surface area contributed by atoms with Crippen molar-refractivity contribution in [3.8, 4) is 5.75 Å². The quantitative estimate of drug-likeness (QED) is 0.797. The van der Waals surface area contributed by atoms with Crippen LogP contribution in [0, 0.1) is 5.92 Å². The Hall–Kier alpha value is -1.75. The summed E-state index contributed by atoms with van der Waals surface area (Å²) < 4.78 is 10.0. The number of amides is 1. The van der Waals surface area contributed by atoms with E-state index in [1.165, 1.54) is 7.11 Å². The number of likely N-dealkylation sites (tertiary alicyclic amines) is 1. The minimum Gasteiger partial charge on any atom is -0.496 e. The van der Waals surface area contributed by atoms with Gasteiger partial charge in [0.2, 0.25) is 5.91 Å². The topological polar surface area (TPSA) is 55.8 Å². The van der Waals surface area contributed by atoms with Crippen molar-refractivity contribution in [3.63, 3.8) is 0 Å². The van der Waals surface area contributed by atoms with Crippen molar-refractivity contribution < 1.29 is 19.1 Å². The normalized spacial score (nSPS) is 15.5. The van der Waals surface area contributed by atoms with Crippen LogP contribution >= 0.6 is 11.6 Å². The molecule has 120 valence electrons. The molecule has 1 heterocycles. The lowest BCUT2D eigenvalue weighted by Gasteiger charge is -2.30. The van der Waals surface area contributed by atoms with E-state index in [4.69, 9.17) is 21.1 Å². The van der Waals surface area contributed by atoms with Crippen molar-refractivity contribution in [2.75, 3.05) is 27.3 Å². The summed E-state index contributed by atoms with van der Waals surface area (Å²) in [5.74, 6) is 0.379. The molecule has 0 saturated carbocycles. The number of hydrogen-bond acceptors (Lipinski definition) is 4. The minimum atomic E-state index is -0.191. The van der Waals surface area contributed by atoms with Crippen molar-refractivity contribution in [3.05, 3.63) is 28.8 Å². The highest BCUT2D eigenvalue weighted by Gasteiger charge is 2.28. The van der Waals surface area contributed by atoms with Gasteiger partial charge in [-0.2, -0.15) is 0 Å².